The molecule has 0 radical (unpaired) electrons. The number of carbonyl (C=O) groups is 2. The van der Waals surface area contributed by atoms with E-state index in [2.05, 4.69) is 5.32 Å². The Balaban J connectivity index is 2.39. The molecule has 0 heterocycles. The molecule has 2 atom stereocenters. The lowest BCUT2D eigenvalue weighted by Crippen LogP contribution is -2.52. The molecule has 2 aromatic carbocycles. The SMILES string of the molecule is CC[C@@H](C)NC(=O)[C@H](C)N(Cc1ccccc1)C(=O)CN(c1ccc(Cl)cc1C)S(C)(=O)=O. The predicted molar refractivity (Wildman–Crippen MR) is 133 cm³/mol. The monoisotopic (exact) mass is 493 g/mol. The van der Waals surface area contributed by atoms with Gasteiger partial charge in [0, 0.05) is 17.6 Å². The number of nitrogens with one attached hydrogen (secondary N) is 1. The van der Waals surface area contributed by atoms with Crippen molar-refractivity contribution in [2.75, 3.05) is 17.1 Å². The van der Waals surface area contributed by atoms with E-state index in [4.69, 9.17) is 11.6 Å². The van der Waals surface area contributed by atoms with Crippen LogP contribution in [0.25, 0.3) is 0 Å². The van der Waals surface area contributed by atoms with Crippen molar-refractivity contribution in [2.24, 2.45) is 0 Å². The molecule has 2 aromatic rings. The third-order valence-corrected chi connectivity index (χ3v) is 6.83. The Morgan fingerprint density at radius 2 is 1.73 bits per heavy atom. The summed E-state index contributed by atoms with van der Waals surface area (Å²) < 4.78 is 26.3. The van der Waals surface area contributed by atoms with Crippen LogP contribution in [0.4, 0.5) is 5.69 Å². The van der Waals surface area contributed by atoms with Crippen LogP contribution in [0.3, 0.4) is 0 Å². The summed E-state index contributed by atoms with van der Waals surface area (Å²) >= 11 is 6.02. The Kier molecular flexibility index (Phi) is 9.31. The zero-order valence-corrected chi connectivity index (χ0v) is 21.3. The topological polar surface area (TPSA) is 86.8 Å². The normalized spacial score (nSPS) is 13.2. The Morgan fingerprint density at radius 1 is 1.09 bits per heavy atom. The fourth-order valence-electron chi connectivity index (χ4n) is 3.32. The molecule has 0 aliphatic rings. The van der Waals surface area contributed by atoms with Gasteiger partial charge in [-0.05, 0) is 56.5 Å². The Bertz CT molecular complexity index is 1080. The highest BCUT2D eigenvalue weighted by Crippen LogP contribution is 2.26. The maximum Gasteiger partial charge on any atom is 0.244 e. The number of hydrogen-bond acceptors (Lipinski definition) is 4. The second kappa shape index (κ2) is 11.5. The van der Waals surface area contributed by atoms with Crippen molar-refractivity contribution in [2.45, 2.75) is 52.7 Å². The lowest BCUT2D eigenvalue weighted by Gasteiger charge is -2.32. The number of benzene rings is 2. The lowest BCUT2D eigenvalue weighted by molar-refractivity contribution is -0.139. The van der Waals surface area contributed by atoms with Gasteiger partial charge in [-0.3, -0.25) is 13.9 Å². The van der Waals surface area contributed by atoms with E-state index in [1.807, 2.05) is 44.2 Å². The zero-order valence-electron chi connectivity index (χ0n) is 19.7. The molecule has 0 saturated carbocycles. The number of sulfonamides is 1. The van der Waals surface area contributed by atoms with E-state index >= 15 is 0 Å². The average molecular weight is 494 g/mol. The maximum atomic E-state index is 13.5. The van der Waals surface area contributed by atoms with Gasteiger partial charge in [-0.1, -0.05) is 48.9 Å². The lowest BCUT2D eigenvalue weighted by atomic mass is 10.1. The van der Waals surface area contributed by atoms with Crippen molar-refractivity contribution >= 4 is 39.1 Å². The summed E-state index contributed by atoms with van der Waals surface area (Å²) in [6.45, 7) is 6.97. The number of nitrogens with zero attached hydrogens (tertiary/aromatic N) is 2. The molecular formula is C24H32ClN3O4S. The highest BCUT2D eigenvalue weighted by molar-refractivity contribution is 7.92. The molecule has 0 bridgehead atoms. The average Bonchev–Trinajstić information content (AvgIpc) is 2.75. The van der Waals surface area contributed by atoms with Gasteiger partial charge in [-0.25, -0.2) is 8.42 Å². The fourth-order valence-corrected chi connectivity index (χ4v) is 4.46. The fraction of sp³-hybridized carbons (Fsp3) is 0.417. The van der Waals surface area contributed by atoms with Gasteiger partial charge in [-0.15, -0.1) is 0 Å². The van der Waals surface area contributed by atoms with Gasteiger partial charge in [0.05, 0.1) is 11.9 Å². The first-order valence-corrected chi connectivity index (χ1v) is 13.0. The third kappa shape index (κ3) is 7.47. The van der Waals surface area contributed by atoms with Crippen molar-refractivity contribution in [3.63, 3.8) is 0 Å². The van der Waals surface area contributed by atoms with Crippen LogP contribution >= 0.6 is 11.6 Å². The predicted octanol–water partition coefficient (Wildman–Crippen LogP) is 3.75. The van der Waals surface area contributed by atoms with Gasteiger partial charge >= 0.3 is 0 Å². The summed E-state index contributed by atoms with van der Waals surface area (Å²) in [5.41, 5.74) is 1.83. The summed E-state index contributed by atoms with van der Waals surface area (Å²) in [5.74, 6) is -0.771. The molecular weight excluding hydrogens is 462 g/mol. The number of aryl methyl sites for hydroxylation is 1. The summed E-state index contributed by atoms with van der Waals surface area (Å²) in [4.78, 5) is 27.7. The first kappa shape index (κ1) is 26.7. The number of anilines is 1. The van der Waals surface area contributed by atoms with E-state index in [0.717, 1.165) is 22.5 Å². The van der Waals surface area contributed by atoms with E-state index < -0.39 is 28.5 Å². The second-order valence-corrected chi connectivity index (χ2v) is 10.5. The number of halogens is 1. The molecule has 2 rings (SSSR count). The van der Waals surface area contributed by atoms with Crippen molar-refractivity contribution < 1.29 is 18.0 Å². The number of hydrogen-bond donors (Lipinski definition) is 1. The van der Waals surface area contributed by atoms with E-state index in [0.29, 0.717) is 16.3 Å². The minimum absolute atomic E-state index is 0.0436. The molecule has 1 N–H and O–H groups in total. The second-order valence-electron chi connectivity index (χ2n) is 8.20. The van der Waals surface area contributed by atoms with Gasteiger partial charge in [0.1, 0.15) is 12.6 Å². The largest absolute Gasteiger partial charge is 0.352 e. The summed E-state index contributed by atoms with van der Waals surface area (Å²) in [5, 5.41) is 3.37. The molecule has 0 fully saturated rings. The molecule has 180 valence electrons. The van der Waals surface area contributed by atoms with Crippen LogP contribution in [-0.4, -0.2) is 50.0 Å². The molecule has 9 heteroatoms. The van der Waals surface area contributed by atoms with Crippen LogP contribution in [0.1, 0.15) is 38.3 Å². The van der Waals surface area contributed by atoms with Crippen molar-refractivity contribution in [3.8, 4) is 0 Å². The van der Waals surface area contributed by atoms with Crippen molar-refractivity contribution in [1.82, 2.24) is 10.2 Å². The van der Waals surface area contributed by atoms with Crippen LogP contribution in [0, 0.1) is 6.92 Å². The van der Waals surface area contributed by atoms with Crippen LogP contribution < -0.4 is 9.62 Å². The first-order valence-electron chi connectivity index (χ1n) is 10.8. The molecule has 0 saturated heterocycles. The molecule has 33 heavy (non-hydrogen) atoms. The van der Waals surface area contributed by atoms with E-state index in [9.17, 15) is 18.0 Å². The highest BCUT2D eigenvalue weighted by Gasteiger charge is 2.30. The van der Waals surface area contributed by atoms with Gasteiger partial charge in [0.15, 0.2) is 0 Å². The van der Waals surface area contributed by atoms with Crippen LogP contribution in [-0.2, 0) is 26.2 Å². The Labute approximate surface area is 201 Å². The smallest absolute Gasteiger partial charge is 0.244 e. The van der Waals surface area contributed by atoms with Crippen molar-refractivity contribution in [3.05, 3.63) is 64.7 Å². The minimum atomic E-state index is -3.78. The van der Waals surface area contributed by atoms with Crippen LogP contribution in [0.2, 0.25) is 5.02 Å². The molecule has 2 amide bonds. The Morgan fingerprint density at radius 3 is 2.27 bits per heavy atom. The summed E-state index contributed by atoms with van der Waals surface area (Å²) in [7, 11) is -3.78. The van der Waals surface area contributed by atoms with Crippen molar-refractivity contribution in [1.29, 1.82) is 0 Å². The van der Waals surface area contributed by atoms with E-state index in [1.54, 1.807) is 32.0 Å². The molecule has 0 spiro atoms. The summed E-state index contributed by atoms with van der Waals surface area (Å²) in [6.07, 6.45) is 1.80. The minimum Gasteiger partial charge on any atom is -0.352 e. The van der Waals surface area contributed by atoms with Crippen LogP contribution in [0.5, 0.6) is 0 Å². The Hall–Kier alpha value is -2.58. The molecule has 0 aromatic heterocycles. The van der Waals surface area contributed by atoms with Gasteiger partial charge in [0.25, 0.3) is 0 Å². The van der Waals surface area contributed by atoms with Crippen LogP contribution in [0.15, 0.2) is 48.5 Å². The van der Waals surface area contributed by atoms with Gasteiger partial charge in [0.2, 0.25) is 21.8 Å². The van der Waals surface area contributed by atoms with Gasteiger partial charge < -0.3 is 10.2 Å². The molecule has 0 aliphatic heterocycles. The molecule has 0 aliphatic carbocycles. The van der Waals surface area contributed by atoms with E-state index in [1.165, 1.54) is 4.90 Å². The maximum absolute atomic E-state index is 13.5. The number of rotatable bonds is 10. The number of carbonyl (C=O) groups excluding carboxylic acids is 2. The van der Waals surface area contributed by atoms with E-state index in [-0.39, 0.29) is 18.5 Å². The zero-order chi connectivity index (χ0) is 24.8. The summed E-state index contributed by atoms with van der Waals surface area (Å²) in [6, 6.07) is 13.2. The standard InChI is InChI=1S/C24H32ClN3O4S/c1-6-18(3)26-24(30)19(4)27(15-20-10-8-7-9-11-20)23(29)16-28(33(5,31)32)22-13-12-21(25)14-17(22)2/h7-14,18-19H,6,15-16H2,1-5H3,(H,26,30)/t18-,19+/m1/s1. The first-order chi connectivity index (χ1) is 15.4. The van der Waals surface area contributed by atoms with Gasteiger partial charge in [-0.2, -0.15) is 0 Å². The highest BCUT2D eigenvalue weighted by atomic mass is 35.5. The third-order valence-electron chi connectivity index (χ3n) is 5.47. The number of amides is 2. The molecule has 0 unspecified atom stereocenters. The molecule has 7 nitrogen and oxygen atoms in total. The quantitative estimate of drug-likeness (QED) is 0.546.